The first-order chi connectivity index (χ1) is 6.29. The van der Waals surface area contributed by atoms with Gasteiger partial charge in [0.25, 0.3) is 0 Å². The molecule has 1 aromatic carbocycles. The molecule has 0 aliphatic heterocycles. The molecule has 0 saturated heterocycles. The molecule has 64 valence electrons. The lowest BCUT2D eigenvalue weighted by Gasteiger charge is -1.83. The number of benzene rings is 1. The zero-order chi connectivity index (χ0) is 9.52. The SMILES string of the molecule is O=[N+]([O-])/C=C/C#Cc1ccccc1. The Hall–Kier alpha value is -2.08. The van der Waals surface area contributed by atoms with Gasteiger partial charge < -0.3 is 0 Å². The molecule has 1 aromatic rings. The maximum atomic E-state index is 9.86. The second-order valence-corrected chi connectivity index (χ2v) is 2.24. The van der Waals surface area contributed by atoms with E-state index in [9.17, 15) is 10.1 Å². The first kappa shape index (κ1) is 9.01. The number of allylic oxidation sites excluding steroid dienone is 1. The van der Waals surface area contributed by atoms with E-state index in [1.807, 2.05) is 30.3 Å². The third-order valence-electron chi connectivity index (χ3n) is 1.27. The van der Waals surface area contributed by atoms with Crippen molar-refractivity contribution in [2.24, 2.45) is 0 Å². The lowest BCUT2D eigenvalue weighted by atomic mass is 10.2. The summed E-state index contributed by atoms with van der Waals surface area (Å²) >= 11 is 0. The molecule has 0 amide bonds. The van der Waals surface area contributed by atoms with E-state index in [0.29, 0.717) is 0 Å². The molecule has 0 spiro atoms. The van der Waals surface area contributed by atoms with E-state index < -0.39 is 4.92 Å². The van der Waals surface area contributed by atoms with E-state index in [1.54, 1.807) is 0 Å². The number of nitro groups is 1. The van der Waals surface area contributed by atoms with Crippen molar-refractivity contribution in [2.75, 3.05) is 0 Å². The summed E-state index contributed by atoms with van der Waals surface area (Å²) in [6, 6.07) is 9.29. The highest BCUT2D eigenvalue weighted by atomic mass is 16.6. The first-order valence-corrected chi connectivity index (χ1v) is 3.66. The number of hydrogen-bond acceptors (Lipinski definition) is 2. The minimum atomic E-state index is -0.542. The Morgan fingerprint density at radius 2 is 2.00 bits per heavy atom. The molecule has 0 atom stereocenters. The van der Waals surface area contributed by atoms with Crippen LogP contribution < -0.4 is 0 Å². The van der Waals surface area contributed by atoms with Crippen LogP contribution in [0.1, 0.15) is 5.56 Å². The Bertz CT molecular complexity index is 371. The second-order valence-electron chi connectivity index (χ2n) is 2.24. The Kier molecular flexibility index (Phi) is 3.28. The summed E-state index contributed by atoms with van der Waals surface area (Å²) in [5.41, 5.74) is 0.843. The van der Waals surface area contributed by atoms with Gasteiger partial charge in [-0.15, -0.1) is 0 Å². The van der Waals surface area contributed by atoms with E-state index >= 15 is 0 Å². The molecule has 0 radical (unpaired) electrons. The first-order valence-electron chi connectivity index (χ1n) is 3.66. The summed E-state index contributed by atoms with van der Waals surface area (Å²) in [6.07, 6.45) is 2.03. The monoisotopic (exact) mass is 173 g/mol. The predicted molar refractivity (Wildman–Crippen MR) is 49.5 cm³/mol. The summed E-state index contributed by atoms with van der Waals surface area (Å²) in [4.78, 5) is 9.32. The summed E-state index contributed by atoms with van der Waals surface area (Å²) in [5.74, 6) is 5.32. The smallest absolute Gasteiger partial charge is 0.242 e. The zero-order valence-corrected chi connectivity index (χ0v) is 6.81. The van der Waals surface area contributed by atoms with Crippen LogP contribution in [0.4, 0.5) is 0 Å². The topological polar surface area (TPSA) is 43.1 Å². The molecule has 0 aliphatic rings. The average Bonchev–Trinajstić information content (AvgIpc) is 2.14. The van der Waals surface area contributed by atoms with Crippen LogP contribution in [0.25, 0.3) is 0 Å². The Balaban J connectivity index is 2.64. The largest absolute Gasteiger partial charge is 0.259 e. The molecule has 3 nitrogen and oxygen atoms in total. The molecule has 0 heterocycles. The van der Waals surface area contributed by atoms with Crippen LogP contribution in [0.5, 0.6) is 0 Å². The van der Waals surface area contributed by atoms with Crippen molar-refractivity contribution >= 4 is 0 Å². The Labute approximate surface area is 75.9 Å². The van der Waals surface area contributed by atoms with Crippen LogP contribution >= 0.6 is 0 Å². The summed E-state index contributed by atoms with van der Waals surface area (Å²) < 4.78 is 0. The third-order valence-corrected chi connectivity index (χ3v) is 1.27. The van der Waals surface area contributed by atoms with Gasteiger partial charge in [0, 0.05) is 5.56 Å². The Morgan fingerprint density at radius 3 is 2.62 bits per heavy atom. The molecule has 0 saturated carbocycles. The van der Waals surface area contributed by atoms with Gasteiger partial charge in [-0.3, -0.25) is 10.1 Å². The maximum Gasteiger partial charge on any atom is 0.242 e. The molecule has 0 unspecified atom stereocenters. The minimum absolute atomic E-state index is 0.542. The predicted octanol–water partition coefficient (Wildman–Crippen LogP) is 1.83. The lowest BCUT2D eigenvalue weighted by molar-refractivity contribution is -0.402. The van der Waals surface area contributed by atoms with Crippen LogP contribution in [-0.4, -0.2) is 4.92 Å². The fourth-order valence-corrected chi connectivity index (χ4v) is 0.745. The minimum Gasteiger partial charge on any atom is -0.259 e. The van der Waals surface area contributed by atoms with Crippen LogP contribution in [0.15, 0.2) is 42.6 Å². The van der Waals surface area contributed by atoms with Gasteiger partial charge in [-0.25, -0.2) is 0 Å². The highest BCUT2D eigenvalue weighted by Gasteiger charge is 1.81. The molecule has 1 rings (SSSR count). The standard InChI is InChI=1S/C10H7NO2/c12-11(13)9-5-4-8-10-6-2-1-3-7-10/h1-3,5-7,9H/b9-5+. The highest BCUT2D eigenvalue weighted by Crippen LogP contribution is 1.94. The fourth-order valence-electron chi connectivity index (χ4n) is 0.745. The molecule has 0 aromatic heterocycles. The van der Waals surface area contributed by atoms with Crippen molar-refractivity contribution in [1.29, 1.82) is 0 Å². The van der Waals surface area contributed by atoms with E-state index in [2.05, 4.69) is 11.8 Å². The van der Waals surface area contributed by atoms with Gasteiger partial charge in [0.15, 0.2) is 0 Å². The van der Waals surface area contributed by atoms with Crippen LogP contribution in [0, 0.1) is 22.0 Å². The maximum absolute atomic E-state index is 9.86. The second kappa shape index (κ2) is 4.73. The Morgan fingerprint density at radius 1 is 1.31 bits per heavy atom. The van der Waals surface area contributed by atoms with E-state index in [0.717, 1.165) is 11.8 Å². The molecular formula is C10H7NO2. The van der Waals surface area contributed by atoms with Gasteiger partial charge in [0.05, 0.1) is 11.0 Å². The van der Waals surface area contributed by atoms with E-state index in [-0.39, 0.29) is 0 Å². The van der Waals surface area contributed by atoms with Crippen molar-refractivity contribution in [2.45, 2.75) is 0 Å². The van der Waals surface area contributed by atoms with Gasteiger partial charge in [-0.05, 0) is 12.1 Å². The van der Waals surface area contributed by atoms with Gasteiger partial charge in [0.2, 0.25) is 6.20 Å². The van der Waals surface area contributed by atoms with E-state index in [1.165, 1.54) is 6.08 Å². The van der Waals surface area contributed by atoms with Crippen molar-refractivity contribution in [3.63, 3.8) is 0 Å². The number of nitrogens with zero attached hydrogens (tertiary/aromatic N) is 1. The zero-order valence-electron chi connectivity index (χ0n) is 6.81. The number of rotatable bonds is 1. The molecule has 3 heteroatoms. The summed E-state index contributed by atoms with van der Waals surface area (Å²) in [5, 5.41) is 9.86. The average molecular weight is 173 g/mol. The van der Waals surface area contributed by atoms with Crippen LogP contribution in [0.3, 0.4) is 0 Å². The van der Waals surface area contributed by atoms with Gasteiger partial charge in [0.1, 0.15) is 0 Å². The van der Waals surface area contributed by atoms with Crippen molar-refractivity contribution in [3.8, 4) is 11.8 Å². The van der Waals surface area contributed by atoms with Gasteiger partial charge in [-0.1, -0.05) is 30.0 Å². The quantitative estimate of drug-likeness (QED) is 0.369. The fraction of sp³-hybridized carbons (Fsp3) is 0. The molecular weight excluding hydrogens is 166 g/mol. The van der Waals surface area contributed by atoms with Gasteiger partial charge in [-0.2, -0.15) is 0 Å². The number of hydrogen-bond donors (Lipinski definition) is 0. The van der Waals surface area contributed by atoms with Gasteiger partial charge >= 0.3 is 0 Å². The molecule has 0 fully saturated rings. The molecule has 0 bridgehead atoms. The third kappa shape index (κ3) is 3.73. The molecule has 0 N–H and O–H groups in total. The van der Waals surface area contributed by atoms with Crippen LogP contribution in [0.2, 0.25) is 0 Å². The van der Waals surface area contributed by atoms with Crippen molar-refractivity contribution in [1.82, 2.24) is 0 Å². The van der Waals surface area contributed by atoms with Crippen LogP contribution in [-0.2, 0) is 0 Å². The summed E-state index contributed by atoms with van der Waals surface area (Å²) in [7, 11) is 0. The normalized spacial score (nSPS) is 9.23. The highest BCUT2D eigenvalue weighted by molar-refractivity contribution is 5.36. The molecule has 0 aliphatic carbocycles. The molecule has 13 heavy (non-hydrogen) atoms. The summed E-state index contributed by atoms with van der Waals surface area (Å²) in [6.45, 7) is 0. The van der Waals surface area contributed by atoms with Crippen molar-refractivity contribution in [3.05, 3.63) is 58.3 Å². The van der Waals surface area contributed by atoms with Crippen molar-refractivity contribution < 1.29 is 4.92 Å². The van der Waals surface area contributed by atoms with E-state index in [4.69, 9.17) is 0 Å². The lowest BCUT2D eigenvalue weighted by Crippen LogP contribution is -1.80.